The van der Waals surface area contributed by atoms with Crippen LogP contribution >= 0.6 is 50.7 Å². The van der Waals surface area contributed by atoms with Crippen LogP contribution in [-0.2, 0) is 33.6 Å². The maximum absolute atomic E-state index is 12.0. The van der Waals surface area contributed by atoms with Crippen molar-refractivity contribution in [2.24, 2.45) is 0 Å². The minimum atomic E-state index is -1.76. The quantitative estimate of drug-likeness (QED) is 0.0909. The van der Waals surface area contributed by atoms with Crippen molar-refractivity contribution in [3.63, 3.8) is 0 Å². The average Bonchev–Trinajstić information content (AvgIpc) is 1.54. The first-order chi connectivity index (χ1) is 41.5. The van der Waals surface area contributed by atoms with Gasteiger partial charge in [0.15, 0.2) is 33.6 Å². The van der Waals surface area contributed by atoms with Gasteiger partial charge in [0.2, 0.25) is 0 Å². The van der Waals surface area contributed by atoms with Crippen LogP contribution in [0.1, 0.15) is 98.6 Å². The SMILES string of the molecule is N#Cc1ccc([C@@]23Oc4cc(Cl)cnc4[C@]2(O)[C@H](O)C[C@H]3c2ccccc2)cc1.N#Cc1ccc([C@@]23Oc4cc(Cl)cnc4[C@]2(O)[C@H](O)C[C@H]3c2ccccc2)cc1.O[C@@H]1C[C@@H](c2ccccc2)[C@]2(c3ccc(Br)cc3)Oc3cc(Cl)cnc3[C@]12O. The van der Waals surface area contributed by atoms with Crippen molar-refractivity contribution in [1.82, 2.24) is 15.0 Å². The minimum absolute atomic E-state index is 0.275. The molecule has 86 heavy (non-hydrogen) atoms. The van der Waals surface area contributed by atoms with Gasteiger partial charge in [-0.3, -0.25) is 15.0 Å². The third-order valence-corrected chi connectivity index (χ3v) is 19.3. The molecule has 0 amide bonds. The first-order valence-electron chi connectivity index (χ1n) is 27.7. The number of rotatable bonds is 6. The Labute approximate surface area is 517 Å². The molecule has 0 spiro atoms. The molecule has 3 aliphatic heterocycles. The topological polar surface area (TPSA) is 235 Å². The second-order valence-electron chi connectivity index (χ2n) is 22.3. The zero-order valence-electron chi connectivity index (χ0n) is 45.3. The van der Waals surface area contributed by atoms with Gasteiger partial charge in [0.25, 0.3) is 0 Å². The highest BCUT2D eigenvalue weighted by Gasteiger charge is 2.76. The van der Waals surface area contributed by atoms with Gasteiger partial charge in [-0.1, -0.05) is 178 Å². The van der Waals surface area contributed by atoms with Crippen molar-refractivity contribution in [3.05, 3.63) is 282 Å². The van der Waals surface area contributed by atoms with Crippen LogP contribution in [0, 0.1) is 22.7 Å². The summed E-state index contributed by atoms with van der Waals surface area (Å²) < 4.78 is 20.3. The number of nitriles is 2. The number of aliphatic hydroxyl groups excluding tert-OH is 3. The number of ether oxygens (including phenoxy) is 3. The standard InChI is InChI=1S/2C23H17ClN2O3.C22H17BrClNO3/c2*24-17-10-19-21(26-13-17)22(28)20(27)11-18(15-4-2-1-3-5-15)23(22,29-19)16-8-6-14(12-25)7-9-16;23-15-8-6-14(7-9-15)22-17(13-4-2-1-3-5-13)11-19(26)21(22,27)20-18(28-22)10-16(24)12-25-20/h2*1-10,13,18,20,27-28H,11H2;1-10,12,17,19,26-27H,11H2/t2*18-,20+,22+,23-;17-,19+,21+,22-/m000/s1. The molecule has 6 heterocycles. The van der Waals surface area contributed by atoms with Gasteiger partial charge in [-0.25, -0.2) is 0 Å². The molecule has 3 aromatic heterocycles. The van der Waals surface area contributed by atoms with Gasteiger partial charge in [-0.15, -0.1) is 0 Å². The van der Waals surface area contributed by atoms with E-state index in [1.54, 1.807) is 66.7 Å². The molecule has 430 valence electrons. The van der Waals surface area contributed by atoms with Crippen molar-refractivity contribution < 1.29 is 44.8 Å². The molecule has 0 saturated heterocycles. The molecule has 12 atom stereocenters. The zero-order valence-corrected chi connectivity index (χ0v) is 49.1. The number of halogens is 4. The molecule has 3 fully saturated rings. The van der Waals surface area contributed by atoms with Crippen molar-refractivity contribution in [1.29, 1.82) is 10.5 Å². The summed E-state index contributed by atoms with van der Waals surface area (Å²) in [5.41, 5.74) is -2.20. The molecule has 6 aromatic carbocycles. The number of benzene rings is 6. The first kappa shape index (κ1) is 57.3. The molecule has 0 unspecified atom stereocenters. The fourth-order valence-electron chi connectivity index (χ4n) is 14.4. The maximum Gasteiger partial charge on any atom is 0.180 e. The third-order valence-electron chi connectivity index (χ3n) is 18.1. The van der Waals surface area contributed by atoms with Crippen LogP contribution in [0.3, 0.4) is 0 Å². The summed E-state index contributed by atoms with van der Waals surface area (Å²) in [4.78, 5) is 13.0. The van der Waals surface area contributed by atoms with Gasteiger partial charge in [-0.2, -0.15) is 10.5 Å². The summed E-state index contributed by atoms with van der Waals surface area (Å²) in [5, 5.41) is 88.6. The summed E-state index contributed by atoms with van der Waals surface area (Å²) in [7, 11) is 0. The van der Waals surface area contributed by atoms with Crippen LogP contribution < -0.4 is 14.2 Å². The Morgan fingerprint density at radius 2 is 0.686 bits per heavy atom. The molecule has 3 aliphatic carbocycles. The number of aromatic nitrogens is 3. The predicted octanol–water partition coefficient (Wildman–Crippen LogP) is 11.8. The van der Waals surface area contributed by atoms with Gasteiger partial charge in [0.1, 0.15) is 34.3 Å². The molecule has 18 heteroatoms. The van der Waals surface area contributed by atoms with E-state index in [4.69, 9.17) is 49.0 Å². The van der Waals surface area contributed by atoms with Crippen molar-refractivity contribution in [2.45, 2.75) is 88.9 Å². The summed E-state index contributed by atoms with van der Waals surface area (Å²) in [6, 6.07) is 59.7. The molecule has 0 bridgehead atoms. The monoisotopic (exact) mass is 1270 g/mol. The molecule has 15 rings (SSSR count). The zero-order chi connectivity index (χ0) is 60.0. The molecule has 3 saturated carbocycles. The number of pyridine rings is 3. The number of hydrogen-bond acceptors (Lipinski definition) is 14. The van der Waals surface area contributed by atoms with E-state index in [1.165, 1.54) is 18.6 Å². The van der Waals surface area contributed by atoms with Crippen LogP contribution in [0.4, 0.5) is 0 Å². The Balaban J connectivity index is 0.000000120. The fraction of sp³-hybridized carbons (Fsp3) is 0.221. The van der Waals surface area contributed by atoms with E-state index in [0.29, 0.717) is 79.5 Å². The molecule has 6 N–H and O–H groups in total. The van der Waals surface area contributed by atoms with E-state index >= 15 is 0 Å². The van der Waals surface area contributed by atoms with Gasteiger partial charge in [-0.05, 0) is 89.0 Å². The summed E-state index contributed by atoms with van der Waals surface area (Å²) in [6.07, 6.45) is 2.06. The van der Waals surface area contributed by atoms with Gasteiger partial charge in [0, 0.05) is 59.0 Å². The van der Waals surface area contributed by atoms with Crippen LogP contribution in [0.15, 0.2) is 205 Å². The van der Waals surface area contributed by atoms with Crippen LogP contribution in [0.2, 0.25) is 15.1 Å². The van der Waals surface area contributed by atoms with Gasteiger partial charge >= 0.3 is 0 Å². The molecular formula is C68H51BrCl3N5O9. The van der Waals surface area contributed by atoms with Crippen molar-refractivity contribution in [3.8, 4) is 29.4 Å². The van der Waals surface area contributed by atoms with E-state index in [9.17, 15) is 41.2 Å². The van der Waals surface area contributed by atoms with E-state index in [1.807, 2.05) is 115 Å². The van der Waals surface area contributed by atoms with Crippen LogP contribution in [0.5, 0.6) is 17.2 Å². The average molecular weight is 1270 g/mol. The summed E-state index contributed by atoms with van der Waals surface area (Å²) in [6.45, 7) is 0. The lowest BCUT2D eigenvalue weighted by molar-refractivity contribution is -0.151. The van der Waals surface area contributed by atoms with Crippen molar-refractivity contribution in [2.75, 3.05) is 0 Å². The smallest absolute Gasteiger partial charge is 0.180 e. The fourth-order valence-corrected chi connectivity index (χ4v) is 15.1. The Hall–Kier alpha value is -7.74. The van der Waals surface area contributed by atoms with Crippen LogP contribution in [0.25, 0.3) is 0 Å². The Morgan fingerprint density at radius 3 is 0.953 bits per heavy atom. The molecule has 9 aromatic rings. The Bertz CT molecular complexity index is 3970. The highest BCUT2D eigenvalue weighted by atomic mass is 79.9. The lowest BCUT2D eigenvalue weighted by Gasteiger charge is -2.40. The number of fused-ring (bicyclic) bond motifs is 9. The lowest BCUT2D eigenvalue weighted by Crippen LogP contribution is -2.52. The second-order valence-corrected chi connectivity index (χ2v) is 24.6. The highest BCUT2D eigenvalue weighted by molar-refractivity contribution is 9.10. The number of aliphatic hydroxyl groups is 6. The normalized spacial score (nSPS) is 29.9. The van der Waals surface area contributed by atoms with E-state index in [0.717, 1.165) is 26.7 Å². The highest BCUT2D eigenvalue weighted by Crippen LogP contribution is 2.69. The van der Waals surface area contributed by atoms with Gasteiger partial charge in [0.05, 0.1) is 56.6 Å². The van der Waals surface area contributed by atoms with E-state index in [2.05, 4.69) is 43.0 Å². The Kier molecular flexibility index (Phi) is 14.4. The molecule has 6 aliphatic rings. The van der Waals surface area contributed by atoms with Crippen molar-refractivity contribution >= 4 is 50.7 Å². The molecule has 0 radical (unpaired) electrons. The first-order valence-corrected chi connectivity index (χ1v) is 29.6. The summed E-state index contributed by atoms with van der Waals surface area (Å²) >= 11 is 21.8. The minimum Gasteiger partial charge on any atom is -0.476 e. The lowest BCUT2D eigenvalue weighted by atomic mass is 9.72. The second kappa shape index (κ2) is 21.6. The largest absolute Gasteiger partial charge is 0.476 e. The third kappa shape index (κ3) is 8.36. The van der Waals surface area contributed by atoms with E-state index < -0.39 is 51.9 Å². The number of hydrogen-bond donors (Lipinski definition) is 6. The van der Waals surface area contributed by atoms with Gasteiger partial charge < -0.3 is 44.8 Å². The summed E-state index contributed by atoms with van der Waals surface area (Å²) in [5.74, 6) is 0.141. The van der Waals surface area contributed by atoms with E-state index in [-0.39, 0.29) is 29.1 Å². The maximum atomic E-state index is 12.0. The molecular weight excluding hydrogens is 1220 g/mol. The Morgan fingerprint density at radius 1 is 0.419 bits per heavy atom. The molecule has 14 nitrogen and oxygen atoms in total. The predicted molar refractivity (Wildman–Crippen MR) is 322 cm³/mol. The van der Waals surface area contributed by atoms with Crippen LogP contribution in [-0.4, -0.2) is 63.9 Å². The number of nitrogens with zero attached hydrogens (tertiary/aromatic N) is 5.